The van der Waals surface area contributed by atoms with Crippen LogP contribution >= 0.6 is 0 Å². The van der Waals surface area contributed by atoms with Crippen LogP contribution in [-0.4, -0.2) is 35.0 Å². The fourth-order valence-electron chi connectivity index (χ4n) is 1.73. The summed E-state index contributed by atoms with van der Waals surface area (Å²) in [5.74, 6) is 0.0681. The number of carbonyl (C=O) groups excluding carboxylic acids is 2. The van der Waals surface area contributed by atoms with E-state index in [-0.39, 0.29) is 11.8 Å². The van der Waals surface area contributed by atoms with Crippen molar-refractivity contribution in [3.05, 3.63) is 12.2 Å². The number of hydrogen-bond acceptors (Lipinski definition) is 3. The number of nitrogens with zero attached hydrogens (tertiary/aromatic N) is 1. The minimum atomic E-state index is -0.739. The van der Waals surface area contributed by atoms with Gasteiger partial charge in [0.05, 0.1) is 0 Å². The largest absolute Gasteiger partial charge is 0.374 e. The van der Waals surface area contributed by atoms with E-state index in [1.807, 2.05) is 0 Å². The molecule has 0 radical (unpaired) electrons. The Hall–Kier alpha value is -1.16. The molecular weight excluding hydrogens is 182 g/mol. The molecule has 1 saturated heterocycles. The molecule has 0 aromatic heterocycles. The summed E-state index contributed by atoms with van der Waals surface area (Å²) in [6.45, 7) is 5.65. The van der Waals surface area contributed by atoms with Crippen molar-refractivity contribution >= 4 is 12.2 Å². The van der Waals surface area contributed by atoms with Crippen molar-refractivity contribution in [3.63, 3.8) is 0 Å². The maximum atomic E-state index is 11.3. The number of hydrogen-bond donors (Lipinski definition) is 1. The third-order valence-corrected chi connectivity index (χ3v) is 2.41. The predicted molar refractivity (Wildman–Crippen MR) is 51.3 cm³/mol. The van der Waals surface area contributed by atoms with Crippen LogP contribution in [0.2, 0.25) is 0 Å². The molecule has 4 nitrogen and oxygen atoms in total. The van der Waals surface area contributed by atoms with Crippen LogP contribution in [0.3, 0.4) is 0 Å². The zero-order chi connectivity index (χ0) is 10.7. The molecule has 0 unspecified atom stereocenters. The van der Waals surface area contributed by atoms with Gasteiger partial charge in [0.1, 0.15) is 12.5 Å². The second-order valence-electron chi connectivity index (χ2n) is 3.73. The molecule has 0 saturated carbocycles. The van der Waals surface area contributed by atoms with E-state index < -0.39 is 6.23 Å². The zero-order valence-electron chi connectivity index (χ0n) is 8.27. The minimum Gasteiger partial charge on any atom is -0.374 e. The lowest BCUT2D eigenvalue weighted by atomic mass is 10.0. The van der Waals surface area contributed by atoms with Crippen molar-refractivity contribution in [2.45, 2.75) is 26.0 Å². The van der Waals surface area contributed by atoms with Crippen LogP contribution in [0.25, 0.3) is 0 Å². The van der Waals surface area contributed by atoms with Crippen molar-refractivity contribution in [1.82, 2.24) is 4.90 Å². The standard InChI is InChI=1S/C10H15NO3/c1-7(6-12)3-9-4-10(14)11(5-9)8(2)13/h6,8-9,13H,1,3-5H2,2H3/t8-,9+/m0/s1. The molecule has 0 aromatic carbocycles. The van der Waals surface area contributed by atoms with Gasteiger partial charge in [0.2, 0.25) is 5.91 Å². The Bertz CT molecular complexity index is 260. The minimum absolute atomic E-state index is 0.0521. The summed E-state index contributed by atoms with van der Waals surface area (Å²) < 4.78 is 0. The van der Waals surface area contributed by atoms with Gasteiger partial charge in [-0.3, -0.25) is 9.59 Å². The lowest BCUT2D eigenvalue weighted by molar-refractivity contribution is -0.135. The third kappa shape index (κ3) is 2.42. The van der Waals surface area contributed by atoms with Crippen molar-refractivity contribution in [3.8, 4) is 0 Å². The van der Waals surface area contributed by atoms with Gasteiger partial charge in [-0.2, -0.15) is 0 Å². The fourth-order valence-corrected chi connectivity index (χ4v) is 1.73. The summed E-state index contributed by atoms with van der Waals surface area (Å²) >= 11 is 0. The van der Waals surface area contributed by atoms with Crippen LogP contribution in [0.15, 0.2) is 12.2 Å². The molecule has 2 atom stereocenters. The Balaban J connectivity index is 2.50. The highest BCUT2D eigenvalue weighted by Crippen LogP contribution is 2.24. The highest BCUT2D eigenvalue weighted by molar-refractivity contribution is 5.79. The van der Waals surface area contributed by atoms with Crippen LogP contribution in [0.4, 0.5) is 0 Å². The van der Waals surface area contributed by atoms with Gasteiger partial charge in [-0.25, -0.2) is 0 Å². The SMILES string of the molecule is C=C(C=O)C[C@@H]1CC(=O)N([C@H](C)O)C1. The van der Waals surface area contributed by atoms with Crippen LogP contribution in [0.1, 0.15) is 19.8 Å². The fraction of sp³-hybridized carbons (Fsp3) is 0.600. The first-order valence-electron chi connectivity index (χ1n) is 4.65. The predicted octanol–water partition coefficient (Wildman–Crippen LogP) is 0.318. The number of aliphatic hydroxyl groups excluding tert-OH is 1. The molecule has 1 fully saturated rings. The molecule has 14 heavy (non-hydrogen) atoms. The molecule has 1 aliphatic rings. The second-order valence-corrected chi connectivity index (χ2v) is 3.73. The summed E-state index contributed by atoms with van der Waals surface area (Å²) in [6.07, 6.45) is 0.920. The van der Waals surface area contributed by atoms with E-state index in [1.165, 1.54) is 4.90 Å². The van der Waals surface area contributed by atoms with Gasteiger partial charge < -0.3 is 10.0 Å². The van der Waals surface area contributed by atoms with Gasteiger partial charge in [0, 0.05) is 13.0 Å². The van der Waals surface area contributed by atoms with Crippen molar-refractivity contribution in [2.24, 2.45) is 5.92 Å². The zero-order valence-corrected chi connectivity index (χ0v) is 8.27. The van der Waals surface area contributed by atoms with E-state index in [0.717, 1.165) is 6.29 Å². The smallest absolute Gasteiger partial charge is 0.224 e. The second kappa shape index (κ2) is 4.37. The summed E-state index contributed by atoms with van der Waals surface area (Å²) in [5, 5.41) is 9.24. The number of amides is 1. The van der Waals surface area contributed by atoms with Gasteiger partial charge in [-0.15, -0.1) is 0 Å². The molecule has 0 spiro atoms. The molecular formula is C10H15NO3. The summed E-state index contributed by atoms with van der Waals surface area (Å²) in [4.78, 5) is 23.1. The maximum Gasteiger partial charge on any atom is 0.224 e. The van der Waals surface area contributed by atoms with Crippen molar-refractivity contribution < 1.29 is 14.7 Å². The summed E-state index contributed by atoms with van der Waals surface area (Å²) in [7, 11) is 0. The molecule has 1 rings (SSSR count). The molecule has 0 bridgehead atoms. The Labute approximate surface area is 83.2 Å². The molecule has 1 N–H and O–H groups in total. The van der Waals surface area contributed by atoms with E-state index in [1.54, 1.807) is 6.92 Å². The first kappa shape index (κ1) is 10.9. The van der Waals surface area contributed by atoms with Crippen LogP contribution in [0.5, 0.6) is 0 Å². The first-order valence-corrected chi connectivity index (χ1v) is 4.65. The Morgan fingerprint density at radius 2 is 2.50 bits per heavy atom. The molecule has 4 heteroatoms. The average Bonchev–Trinajstić information content (AvgIpc) is 2.46. The topological polar surface area (TPSA) is 57.6 Å². The molecule has 0 aromatic rings. The van der Waals surface area contributed by atoms with Crippen molar-refractivity contribution in [1.29, 1.82) is 0 Å². The van der Waals surface area contributed by atoms with E-state index in [4.69, 9.17) is 0 Å². The molecule has 1 amide bonds. The van der Waals surface area contributed by atoms with Crippen LogP contribution < -0.4 is 0 Å². The number of likely N-dealkylation sites (tertiary alicyclic amines) is 1. The summed E-state index contributed by atoms with van der Waals surface area (Å²) in [6, 6.07) is 0. The van der Waals surface area contributed by atoms with Crippen molar-refractivity contribution in [2.75, 3.05) is 6.54 Å². The molecule has 0 aliphatic carbocycles. The molecule has 1 heterocycles. The lowest BCUT2D eigenvalue weighted by Gasteiger charge is -2.19. The highest BCUT2D eigenvalue weighted by Gasteiger charge is 2.31. The molecule has 78 valence electrons. The van der Waals surface area contributed by atoms with E-state index >= 15 is 0 Å². The summed E-state index contributed by atoms with van der Waals surface area (Å²) in [5.41, 5.74) is 0.509. The number of rotatable bonds is 4. The normalized spacial score (nSPS) is 23.7. The number of allylic oxidation sites excluding steroid dienone is 1. The highest BCUT2D eigenvalue weighted by atomic mass is 16.3. The van der Waals surface area contributed by atoms with Gasteiger partial charge in [0.25, 0.3) is 0 Å². The van der Waals surface area contributed by atoms with Crippen LogP contribution in [0, 0.1) is 5.92 Å². The van der Waals surface area contributed by atoms with Gasteiger partial charge in [0.15, 0.2) is 0 Å². The Kier molecular flexibility index (Phi) is 3.41. The Morgan fingerprint density at radius 1 is 1.86 bits per heavy atom. The van der Waals surface area contributed by atoms with Gasteiger partial charge in [-0.05, 0) is 24.8 Å². The Morgan fingerprint density at radius 3 is 2.93 bits per heavy atom. The third-order valence-electron chi connectivity index (χ3n) is 2.41. The lowest BCUT2D eigenvalue weighted by Crippen LogP contribution is -2.34. The van der Waals surface area contributed by atoms with Gasteiger partial charge in [-0.1, -0.05) is 6.58 Å². The van der Waals surface area contributed by atoms with E-state index in [9.17, 15) is 14.7 Å². The molecule has 1 aliphatic heterocycles. The first-order chi connectivity index (χ1) is 6.54. The average molecular weight is 197 g/mol. The number of aldehydes is 1. The van der Waals surface area contributed by atoms with Crippen LogP contribution in [-0.2, 0) is 9.59 Å². The number of aliphatic hydroxyl groups is 1. The quantitative estimate of drug-likeness (QED) is 0.521. The van der Waals surface area contributed by atoms with E-state index in [0.29, 0.717) is 25.0 Å². The van der Waals surface area contributed by atoms with Gasteiger partial charge >= 0.3 is 0 Å². The number of carbonyl (C=O) groups is 2. The maximum absolute atomic E-state index is 11.3. The van der Waals surface area contributed by atoms with E-state index in [2.05, 4.69) is 6.58 Å². The monoisotopic (exact) mass is 197 g/mol.